The van der Waals surface area contributed by atoms with Crippen molar-refractivity contribution in [3.63, 3.8) is 0 Å². The summed E-state index contributed by atoms with van der Waals surface area (Å²) in [6.07, 6.45) is 2.48. The first kappa shape index (κ1) is 12.2. The van der Waals surface area contributed by atoms with E-state index in [4.69, 9.17) is 11.6 Å². The fraction of sp³-hybridized carbons (Fsp3) is 0.462. The molecule has 0 spiro atoms. The predicted octanol–water partition coefficient (Wildman–Crippen LogP) is 3.20. The van der Waals surface area contributed by atoms with Crippen molar-refractivity contribution in [2.24, 2.45) is 5.10 Å². The molecule has 0 unspecified atom stereocenters. The van der Waals surface area contributed by atoms with Gasteiger partial charge in [-0.25, -0.2) is 0 Å². The van der Waals surface area contributed by atoms with E-state index in [0.29, 0.717) is 0 Å². The van der Waals surface area contributed by atoms with Crippen LogP contribution in [0.2, 0.25) is 5.02 Å². The van der Waals surface area contributed by atoms with Crippen molar-refractivity contribution in [2.75, 3.05) is 25.5 Å². The molecule has 4 heteroatoms. The third kappa shape index (κ3) is 2.91. The molecule has 2 rings (SSSR count). The molecule has 17 heavy (non-hydrogen) atoms. The van der Waals surface area contributed by atoms with E-state index >= 15 is 0 Å². The van der Waals surface area contributed by atoms with Gasteiger partial charge in [0.1, 0.15) is 0 Å². The molecular weight excluding hydrogens is 234 g/mol. The second-order valence-corrected chi connectivity index (χ2v) is 4.72. The zero-order valence-corrected chi connectivity index (χ0v) is 11.1. The van der Waals surface area contributed by atoms with Gasteiger partial charge in [0, 0.05) is 36.4 Å². The molecule has 92 valence electrons. The topological polar surface area (TPSA) is 27.6 Å². The van der Waals surface area contributed by atoms with Crippen molar-refractivity contribution in [2.45, 2.75) is 19.8 Å². The Morgan fingerprint density at radius 1 is 1.35 bits per heavy atom. The molecule has 1 aromatic carbocycles. The Morgan fingerprint density at radius 3 is 2.71 bits per heavy atom. The van der Waals surface area contributed by atoms with Crippen molar-refractivity contribution in [3.05, 3.63) is 28.8 Å². The Hall–Kier alpha value is -1.22. The van der Waals surface area contributed by atoms with E-state index in [2.05, 4.69) is 15.4 Å². The lowest BCUT2D eigenvalue weighted by Crippen LogP contribution is -2.15. The van der Waals surface area contributed by atoms with Crippen LogP contribution >= 0.6 is 11.6 Å². The van der Waals surface area contributed by atoms with Crippen molar-refractivity contribution in [1.29, 1.82) is 0 Å². The fourth-order valence-electron chi connectivity index (χ4n) is 2.10. The molecule has 1 heterocycles. The van der Waals surface area contributed by atoms with Crippen LogP contribution in [0.15, 0.2) is 23.3 Å². The Morgan fingerprint density at radius 2 is 2.06 bits per heavy atom. The van der Waals surface area contributed by atoms with Crippen LogP contribution in [-0.2, 0) is 0 Å². The van der Waals surface area contributed by atoms with Gasteiger partial charge in [-0.2, -0.15) is 5.10 Å². The van der Waals surface area contributed by atoms with Crippen LogP contribution in [0.1, 0.15) is 25.3 Å². The van der Waals surface area contributed by atoms with Gasteiger partial charge in [-0.05, 0) is 38.0 Å². The van der Waals surface area contributed by atoms with Crippen molar-refractivity contribution in [3.8, 4) is 0 Å². The first-order valence-corrected chi connectivity index (χ1v) is 6.36. The number of rotatable bonds is 3. The molecule has 1 aliphatic rings. The smallest absolute Gasteiger partial charge is 0.0667 e. The van der Waals surface area contributed by atoms with Crippen LogP contribution in [0.3, 0.4) is 0 Å². The summed E-state index contributed by atoms with van der Waals surface area (Å²) in [6, 6.07) is 5.84. The highest BCUT2D eigenvalue weighted by Crippen LogP contribution is 2.21. The molecule has 0 atom stereocenters. The minimum absolute atomic E-state index is 0.745. The summed E-state index contributed by atoms with van der Waals surface area (Å²) in [7, 11) is 1.91. The Labute approximate surface area is 107 Å². The van der Waals surface area contributed by atoms with Gasteiger partial charge in [0.15, 0.2) is 0 Å². The molecule has 0 saturated carbocycles. The summed E-state index contributed by atoms with van der Waals surface area (Å²) in [4.78, 5) is 0. The van der Waals surface area contributed by atoms with Gasteiger partial charge >= 0.3 is 0 Å². The molecule has 1 N–H and O–H groups in total. The Kier molecular flexibility index (Phi) is 3.89. The highest BCUT2D eigenvalue weighted by molar-refractivity contribution is 6.31. The number of hydrogen-bond acceptors (Lipinski definition) is 3. The number of benzene rings is 1. The van der Waals surface area contributed by atoms with Crippen LogP contribution in [0.4, 0.5) is 5.69 Å². The Bertz CT molecular complexity index is 423. The zero-order valence-electron chi connectivity index (χ0n) is 10.3. The van der Waals surface area contributed by atoms with E-state index in [1.165, 1.54) is 12.8 Å². The second-order valence-electron chi connectivity index (χ2n) is 4.29. The minimum atomic E-state index is 0.745. The maximum absolute atomic E-state index is 6.04. The normalized spacial score (nSPS) is 16.4. The van der Waals surface area contributed by atoms with E-state index in [-0.39, 0.29) is 0 Å². The molecule has 0 amide bonds. The summed E-state index contributed by atoms with van der Waals surface area (Å²) in [6.45, 7) is 4.16. The number of nitrogens with zero attached hydrogens (tertiary/aromatic N) is 2. The highest BCUT2D eigenvalue weighted by Gasteiger charge is 2.11. The van der Waals surface area contributed by atoms with Gasteiger partial charge in [0.25, 0.3) is 0 Å². The number of hydrazone groups is 1. The predicted molar refractivity (Wildman–Crippen MR) is 74.0 cm³/mol. The second kappa shape index (κ2) is 5.41. The van der Waals surface area contributed by atoms with Gasteiger partial charge in [0.05, 0.1) is 5.71 Å². The molecule has 0 aromatic heterocycles. The number of anilines is 1. The molecular formula is C13H18ClN3. The SMILES string of the molecule is CNc1ccc(Cl)cc1/C(C)=N\N1CCCC1. The van der Waals surface area contributed by atoms with Gasteiger partial charge < -0.3 is 5.32 Å². The summed E-state index contributed by atoms with van der Waals surface area (Å²) in [5.74, 6) is 0. The van der Waals surface area contributed by atoms with E-state index in [9.17, 15) is 0 Å². The number of halogens is 1. The zero-order chi connectivity index (χ0) is 12.3. The number of hydrogen-bond donors (Lipinski definition) is 1. The molecule has 0 radical (unpaired) electrons. The first-order valence-electron chi connectivity index (χ1n) is 5.98. The van der Waals surface area contributed by atoms with Gasteiger partial charge in [0.2, 0.25) is 0 Å². The highest BCUT2D eigenvalue weighted by atomic mass is 35.5. The van der Waals surface area contributed by atoms with Crippen LogP contribution in [0.25, 0.3) is 0 Å². The quantitative estimate of drug-likeness (QED) is 0.836. The van der Waals surface area contributed by atoms with Crippen molar-refractivity contribution < 1.29 is 0 Å². The van der Waals surface area contributed by atoms with E-state index in [1.807, 2.05) is 32.2 Å². The lowest BCUT2D eigenvalue weighted by molar-refractivity contribution is 0.360. The van der Waals surface area contributed by atoms with Gasteiger partial charge in [-0.3, -0.25) is 5.01 Å². The third-order valence-electron chi connectivity index (χ3n) is 3.01. The summed E-state index contributed by atoms with van der Waals surface area (Å²) < 4.78 is 0. The standard InChI is InChI=1S/C13H18ClN3/c1-10(16-17-7-3-4-8-17)12-9-11(14)5-6-13(12)15-2/h5-6,9,15H,3-4,7-8H2,1-2H3/b16-10-. The monoisotopic (exact) mass is 251 g/mol. The van der Waals surface area contributed by atoms with Crippen molar-refractivity contribution in [1.82, 2.24) is 5.01 Å². The van der Waals surface area contributed by atoms with Gasteiger partial charge in [-0.15, -0.1) is 0 Å². The van der Waals surface area contributed by atoms with Crippen LogP contribution in [0.5, 0.6) is 0 Å². The van der Waals surface area contributed by atoms with E-state index < -0.39 is 0 Å². The van der Waals surface area contributed by atoms with Crippen LogP contribution in [0, 0.1) is 0 Å². The van der Waals surface area contributed by atoms with Crippen LogP contribution < -0.4 is 5.32 Å². The molecule has 0 bridgehead atoms. The lowest BCUT2D eigenvalue weighted by Gasteiger charge is -2.14. The largest absolute Gasteiger partial charge is 0.388 e. The van der Waals surface area contributed by atoms with E-state index in [1.54, 1.807) is 0 Å². The fourth-order valence-corrected chi connectivity index (χ4v) is 2.27. The summed E-state index contributed by atoms with van der Waals surface area (Å²) in [5.41, 5.74) is 3.15. The van der Waals surface area contributed by atoms with Crippen molar-refractivity contribution >= 4 is 23.0 Å². The molecule has 1 saturated heterocycles. The third-order valence-corrected chi connectivity index (χ3v) is 3.25. The first-order chi connectivity index (χ1) is 8.20. The van der Waals surface area contributed by atoms with Gasteiger partial charge in [-0.1, -0.05) is 11.6 Å². The minimum Gasteiger partial charge on any atom is -0.388 e. The van der Waals surface area contributed by atoms with Crippen LogP contribution in [-0.4, -0.2) is 30.9 Å². The molecule has 0 aliphatic carbocycles. The summed E-state index contributed by atoms with van der Waals surface area (Å²) in [5, 5.41) is 10.7. The average Bonchev–Trinajstić information content (AvgIpc) is 2.81. The average molecular weight is 252 g/mol. The molecule has 1 aromatic rings. The molecule has 3 nitrogen and oxygen atoms in total. The number of nitrogens with one attached hydrogen (secondary N) is 1. The maximum Gasteiger partial charge on any atom is 0.0667 e. The van der Waals surface area contributed by atoms with E-state index in [0.717, 1.165) is 35.1 Å². The Balaban J connectivity index is 2.28. The maximum atomic E-state index is 6.04. The lowest BCUT2D eigenvalue weighted by atomic mass is 10.1. The molecule has 1 aliphatic heterocycles. The molecule has 1 fully saturated rings. The summed E-state index contributed by atoms with van der Waals surface area (Å²) >= 11 is 6.04.